The fraction of sp³-hybridized carbons (Fsp3) is 0.216. The van der Waals surface area contributed by atoms with E-state index in [9.17, 15) is 0 Å². The number of ether oxygens (including phenoxy) is 3. The van der Waals surface area contributed by atoms with E-state index in [-0.39, 0.29) is 14.8 Å². The van der Waals surface area contributed by atoms with Gasteiger partial charge in [0.05, 0.1) is 12.8 Å². The lowest BCUT2D eigenvalue weighted by Crippen LogP contribution is -2.36. The largest absolute Gasteiger partial charge is 0.486 e. The summed E-state index contributed by atoms with van der Waals surface area (Å²) in [4.78, 5) is 4.81. The molecule has 7 heteroatoms. The first-order valence-electron chi connectivity index (χ1n) is 14.8. The Bertz CT molecular complexity index is 1660. The number of aromatic nitrogens is 1. The van der Waals surface area contributed by atoms with Crippen LogP contribution < -0.4 is 19.5 Å². The molecule has 0 atom stereocenters. The van der Waals surface area contributed by atoms with E-state index in [1.807, 2.05) is 42.5 Å². The summed E-state index contributed by atoms with van der Waals surface area (Å²) in [6.07, 6.45) is 0. The van der Waals surface area contributed by atoms with E-state index < -0.39 is 5.60 Å². The second-order valence-electron chi connectivity index (χ2n) is 11.7. The van der Waals surface area contributed by atoms with E-state index >= 15 is 0 Å². The zero-order chi connectivity index (χ0) is 30.6. The molecule has 1 aliphatic heterocycles. The number of nitrogens with zero attached hydrogens (tertiary/aromatic N) is 1. The first-order chi connectivity index (χ1) is 21.4. The van der Waals surface area contributed by atoms with Gasteiger partial charge in [-0.05, 0) is 58.1 Å². The van der Waals surface area contributed by atoms with E-state index in [1.165, 1.54) is 0 Å². The van der Waals surface area contributed by atoms with Crippen molar-refractivity contribution in [3.63, 3.8) is 0 Å². The molecule has 1 aliphatic rings. The van der Waals surface area contributed by atoms with Crippen LogP contribution in [0.5, 0.6) is 17.4 Å². The third-order valence-electron chi connectivity index (χ3n) is 7.34. The molecule has 5 aromatic rings. The number of nitrogens with one attached hydrogen (secondary N) is 1. The zero-order valence-corrected chi connectivity index (χ0v) is 26.5. The van der Waals surface area contributed by atoms with E-state index in [2.05, 4.69) is 98.9 Å². The Kier molecular flexibility index (Phi) is 8.42. The number of fused-ring (bicyclic) bond motifs is 1. The zero-order valence-electron chi connectivity index (χ0n) is 25.5. The standard InChI is InChI=1S/C37H36N2O4Si/c1-36(2,3)44-43-37(26-12-7-5-8-13-26,27-14-9-6-10-15-27)28-18-20-29(21-19-28)38-32-23-22-31(39-35(32)40-4)30-16-11-17-33-34(30)42-25-24-41-33/h5-23,38H,24-25H2,1-4H3. The van der Waals surface area contributed by atoms with Gasteiger partial charge in [0.2, 0.25) is 15.6 Å². The SMILES string of the molecule is COc1nc(-c2cccc3c2OCCO3)ccc1Nc1ccc(C(O[Si]C(C)(C)C)(c2ccccc2)c2ccccc2)cc1. The topological polar surface area (TPSA) is 61.8 Å². The first-order valence-corrected chi connectivity index (χ1v) is 15.7. The Labute approximate surface area is 261 Å². The molecule has 2 heterocycles. The van der Waals surface area contributed by atoms with Crippen molar-refractivity contribution in [2.24, 2.45) is 0 Å². The van der Waals surface area contributed by atoms with Crippen LogP contribution in [0.15, 0.2) is 115 Å². The van der Waals surface area contributed by atoms with Crippen molar-refractivity contribution < 1.29 is 18.6 Å². The van der Waals surface area contributed by atoms with Gasteiger partial charge in [-0.25, -0.2) is 4.98 Å². The molecule has 4 aromatic carbocycles. The lowest BCUT2D eigenvalue weighted by atomic mass is 9.80. The van der Waals surface area contributed by atoms with Gasteiger partial charge < -0.3 is 24.0 Å². The van der Waals surface area contributed by atoms with E-state index in [1.54, 1.807) is 7.11 Å². The molecule has 1 N–H and O–H groups in total. The van der Waals surface area contributed by atoms with Gasteiger partial charge in [0.1, 0.15) is 24.5 Å². The molecule has 0 saturated carbocycles. The van der Waals surface area contributed by atoms with Crippen molar-refractivity contribution in [3.8, 4) is 28.6 Å². The maximum Gasteiger partial charge on any atom is 0.238 e. The minimum absolute atomic E-state index is 0.00419. The van der Waals surface area contributed by atoms with Crippen LogP contribution in [0, 0.1) is 0 Å². The van der Waals surface area contributed by atoms with Crippen molar-refractivity contribution in [2.45, 2.75) is 31.4 Å². The van der Waals surface area contributed by atoms with Gasteiger partial charge in [-0.15, -0.1) is 0 Å². The minimum atomic E-state index is -0.770. The average Bonchev–Trinajstić information content (AvgIpc) is 3.06. The number of pyridine rings is 1. The molecule has 1 aromatic heterocycles. The Balaban J connectivity index is 1.34. The number of anilines is 2. The smallest absolute Gasteiger partial charge is 0.238 e. The van der Waals surface area contributed by atoms with Crippen LogP contribution in [0.3, 0.4) is 0 Å². The highest BCUT2D eigenvalue weighted by molar-refractivity contribution is 6.32. The summed E-state index contributed by atoms with van der Waals surface area (Å²) >= 11 is 0. The number of methoxy groups -OCH3 is 1. The minimum Gasteiger partial charge on any atom is -0.486 e. The highest BCUT2D eigenvalue weighted by atomic mass is 28.2. The molecule has 0 unspecified atom stereocenters. The Morgan fingerprint density at radius 2 is 1.34 bits per heavy atom. The van der Waals surface area contributed by atoms with Crippen LogP contribution in [0.4, 0.5) is 11.4 Å². The molecule has 6 rings (SSSR count). The van der Waals surface area contributed by atoms with Gasteiger partial charge in [-0.3, -0.25) is 0 Å². The second-order valence-corrected chi connectivity index (χ2v) is 13.6. The van der Waals surface area contributed by atoms with Crippen LogP contribution in [-0.4, -0.2) is 35.1 Å². The molecule has 222 valence electrons. The second kappa shape index (κ2) is 12.6. The van der Waals surface area contributed by atoms with Gasteiger partial charge in [-0.1, -0.05) is 99.6 Å². The lowest BCUT2D eigenvalue weighted by molar-refractivity contribution is 0.157. The summed E-state index contributed by atoms with van der Waals surface area (Å²) in [7, 11) is 1.90. The molecule has 0 spiro atoms. The van der Waals surface area contributed by atoms with Crippen LogP contribution in [-0.2, 0) is 10.0 Å². The average molecular weight is 601 g/mol. The summed E-state index contributed by atoms with van der Waals surface area (Å²) < 4.78 is 24.4. The molecular formula is C37H36N2O4Si. The van der Waals surface area contributed by atoms with Crippen LogP contribution in [0.2, 0.25) is 5.04 Å². The first kappa shape index (κ1) is 29.5. The van der Waals surface area contributed by atoms with Gasteiger partial charge in [-0.2, -0.15) is 0 Å². The number of rotatable bonds is 9. The quantitative estimate of drug-likeness (QED) is 0.135. The summed E-state index contributed by atoms with van der Waals surface area (Å²) in [5.41, 5.74) is 5.73. The predicted octanol–water partition coefficient (Wildman–Crippen LogP) is 8.42. The highest BCUT2D eigenvalue weighted by Crippen LogP contribution is 2.43. The fourth-order valence-electron chi connectivity index (χ4n) is 5.31. The van der Waals surface area contributed by atoms with Gasteiger partial charge in [0.15, 0.2) is 11.5 Å². The maximum atomic E-state index is 7.00. The fourth-order valence-corrected chi connectivity index (χ4v) is 6.13. The summed E-state index contributed by atoms with van der Waals surface area (Å²) in [6.45, 7) is 7.67. The van der Waals surface area contributed by atoms with Crippen molar-refractivity contribution >= 4 is 21.1 Å². The third-order valence-corrected chi connectivity index (χ3v) is 8.36. The summed E-state index contributed by atoms with van der Waals surface area (Å²) in [5.74, 6) is 1.92. The monoisotopic (exact) mass is 600 g/mol. The molecular weight excluding hydrogens is 565 g/mol. The summed E-state index contributed by atoms with van der Waals surface area (Å²) in [5, 5.41) is 3.50. The van der Waals surface area contributed by atoms with Crippen molar-refractivity contribution in [2.75, 3.05) is 25.6 Å². The Morgan fingerprint density at radius 1 is 0.705 bits per heavy atom. The third kappa shape index (κ3) is 6.07. The highest BCUT2D eigenvalue weighted by Gasteiger charge is 2.38. The van der Waals surface area contributed by atoms with Gasteiger partial charge in [0, 0.05) is 11.3 Å². The van der Waals surface area contributed by atoms with Crippen LogP contribution in [0.1, 0.15) is 37.5 Å². The van der Waals surface area contributed by atoms with Crippen molar-refractivity contribution in [1.82, 2.24) is 4.98 Å². The Hall–Kier alpha value is -4.59. The molecule has 44 heavy (non-hydrogen) atoms. The molecule has 0 bridgehead atoms. The molecule has 0 amide bonds. The number of benzene rings is 4. The van der Waals surface area contributed by atoms with Crippen molar-refractivity contribution in [1.29, 1.82) is 0 Å². The molecule has 6 nitrogen and oxygen atoms in total. The maximum absolute atomic E-state index is 7.00. The van der Waals surface area contributed by atoms with E-state index in [4.69, 9.17) is 23.6 Å². The van der Waals surface area contributed by atoms with Gasteiger partial charge >= 0.3 is 0 Å². The van der Waals surface area contributed by atoms with Gasteiger partial charge in [0.25, 0.3) is 0 Å². The molecule has 0 fully saturated rings. The molecule has 0 aliphatic carbocycles. The molecule has 0 saturated heterocycles. The lowest BCUT2D eigenvalue weighted by Gasteiger charge is -2.38. The normalized spacial score (nSPS) is 12.9. The predicted molar refractivity (Wildman–Crippen MR) is 176 cm³/mol. The Morgan fingerprint density at radius 3 is 1.98 bits per heavy atom. The van der Waals surface area contributed by atoms with Crippen LogP contribution in [0.25, 0.3) is 11.3 Å². The molecule has 2 radical (unpaired) electrons. The van der Waals surface area contributed by atoms with Crippen molar-refractivity contribution in [3.05, 3.63) is 132 Å². The van der Waals surface area contributed by atoms with E-state index in [0.29, 0.717) is 24.8 Å². The summed E-state index contributed by atoms with van der Waals surface area (Å²) in [6, 6.07) is 39.1. The van der Waals surface area contributed by atoms with Crippen LogP contribution >= 0.6 is 0 Å². The number of hydrogen-bond acceptors (Lipinski definition) is 6. The number of hydrogen-bond donors (Lipinski definition) is 1. The number of para-hydroxylation sites is 1. The van der Waals surface area contributed by atoms with E-state index in [0.717, 1.165) is 45.1 Å².